The molecule has 2 N–H and O–H groups in total. The van der Waals surface area contributed by atoms with Gasteiger partial charge in [-0.1, -0.05) is 13.8 Å². The first kappa shape index (κ1) is 12.1. The largest absolute Gasteiger partial charge is 0.313 e. The van der Waals surface area contributed by atoms with E-state index >= 15 is 0 Å². The van der Waals surface area contributed by atoms with Crippen LogP contribution in [-0.2, 0) is 19.4 Å². The minimum absolute atomic E-state index is 0.590. The van der Waals surface area contributed by atoms with Gasteiger partial charge in [0, 0.05) is 35.4 Å². The Hall–Kier alpha value is -0.380. The lowest BCUT2D eigenvalue weighted by atomic mass is 10.2. The molecule has 0 aliphatic heterocycles. The highest BCUT2D eigenvalue weighted by atomic mass is 32.1. The fourth-order valence-corrected chi connectivity index (χ4v) is 3.37. The van der Waals surface area contributed by atoms with E-state index in [1.807, 2.05) is 11.3 Å². The Bertz CT molecular complexity index is 309. The van der Waals surface area contributed by atoms with Crippen molar-refractivity contribution in [1.29, 1.82) is 0 Å². The Morgan fingerprint density at radius 2 is 2.19 bits per heavy atom. The summed E-state index contributed by atoms with van der Waals surface area (Å²) in [6, 6.07) is 2.99. The zero-order valence-corrected chi connectivity index (χ0v) is 11.1. The zero-order chi connectivity index (χ0) is 11.4. The molecule has 0 fully saturated rings. The third-order valence-corrected chi connectivity index (χ3v) is 4.19. The van der Waals surface area contributed by atoms with Gasteiger partial charge in [-0.2, -0.15) is 0 Å². The molecule has 0 bridgehead atoms. The van der Waals surface area contributed by atoms with Crippen LogP contribution in [0, 0.1) is 0 Å². The molecule has 0 amide bonds. The Labute approximate surface area is 102 Å². The fraction of sp³-hybridized carbons (Fsp3) is 0.692. The summed E-state index contributed by atoms with van der Waals surface area (Å²) in [7, 11) is 0. The summed E-state index contributed by atoms with van der Waals surface area (Å²) in [5.74, 6) is 0. The van der Waals surface area contributed by atoms with Crippen LogP contribution in [-0.4, -0.2) is 19.1 Å². The first-order valence-corrected chi connectivity index (χ1v) is 7.12. The molecule has 1 aliphatic rings. The summed E-state index contributed by atoms with van der Waals surface area (Å²) in [5.41, 5.74) is 1.61. The van der Waals surface area contributed by atoms with Crippen molar-refractivity contribution in [2.75, 3.05) is 13.1 Å². The number of nitrogens with one attached hydrogen (secondary N) is 2. The number of aryl methyl sites for hydroxylation is 2. The Kier molecular flexibility index (Phi) is 4.38. The number of hydrogen-bond acceptors (Lipinski definition) is 3. The van der Waals surface area contributed by atoms with Gasteiger partial charge in [0.2, 0.25) is 0 Å². The molecule has 3 heteroatoms. The lowest BCUT2D eigenvalue weighted by Gasteiger charge is -2.08. The average molecular weight is 238 g/mol. The fourth-order valence-electron chi connectivity index (χ4n) is 2.14. The standard InChI is InChI=1S/C13H22N2S/c1-10(2)15-7-6-14-9-12-8-11-4-3-5-13(11)16-12/h8,10,14-15H,3-7,9H2,1-2H3. The van der Waals surface area contributed by atoms with E-state index in [-0.39, 0.29) is 0 Å². The van der Waals surface area contributed by atoms with Crippen molar-refractivity contribution < 1.29 is 0 Å². The third-order valence-electron chi connectivity index (χ3n) is 2.95. The molecule has 90 valence electrons. The van der Waals surface area contributed by atoms with Crippen LogP contribution < -0.4 is 10.6 Å². The zero-order valence-electron chi connectivity index (χ0n) is 10.3. The summed E-state index contributed by atoms with van der Waals surface area (Å²) < 4.78 is 0. The highest BCUT2D eigenvalue weighted by Crippen LogP contribution is 2.30. The van der Waals surface area contributed by atoms with Crippen molar-refractivity contribution >= 4 is 11.3 Å². The second-order valence-corrected chi connectivity index (χ2v) is 6.02. The van der Waals surface area contributed by atoms with Crippen molar-refractivity contribution in [2.24, 2.45) is 0 Å². The molecule has 0 unspecified atom stereocenters. The molecule has 2 rings (SSSR count). The van der Waals surface area contributed by atoms with Crippen molar-refractivity contribution in [3.8, 4) is 0 Å². The Morgan fingerprint density at radius 3 is 2.94 bits per heavy atom. The summed E-state index contributed by atoms with van der Waals surface area (Å²) >= 11 is 2.00. The van der Waals surface area contributed by atoms with Crippen LogP contribution in [0.5, 0.6) is 0 Å². The number of thiophene rings is 1. The maximum atomic E-state index is 3.49. The number of hydrogen-bond donors (Lipinski definition) is 2. The number of fused-ring (bicyclic) bond motifs is 1. The van der Waals surface area contributed by atoms with E-state index in [9.17, 15) is 0 Å². The number of rotatable bonds is 6. The molecule has 0 atom stereocenters. The van der Waals surface area contributed by atoms with Crippen LogP contribution in [0.2, 0.25) is 0 Å². The summed E-state index contributed by atoms with van der Waals surface area (Å²) in [5, 5.41) is 6.91. The molecule has 16 heavy (non-hydrogen) atoms. The van der Waals surface area contributed by atoms with E-state index in [1.165, 1.54) is 24.1 Å². The summed E-state index contributed by atoms with van der Waals surface area (Å²) in [6.45, 7) is 7.52. The molecule has 0 spiro atoms. The van der Waals surface area contributed by atoms with Gasteiger partial charge in [0.05, 0.1) is 0 Å². The van der Waals surface area contributed by atoms with Gasteiger partial charge in [-0.25, -0.2) is 0 Å². The SMILES string of the molecule is CC(C)NCCNCc1cc2c(s1)CCC2. The van der Waals surface area contributed by atoms with Gasteiger partial charge in [0.25, 0.3) is 0 Å². The van der Waals surface area contributed by atoms with E-state index in [0.717, 1.165) is 19.6 Å². The highest BCUT2D eigenvalue weighted by Gasteiger charge is 2.14. The lowest BCUT2D eigenvalue weighted by Crippen LogP contribution is -2.31. The molecule has 0 saturated heterocycles. The van der Waals surface area contributed by atoms with Crippen molar-refractivity contribution in [3.05, 3.63) is 21.4 Å². The van der Waals surface area contributed by atoms with E-state index < -0.39 is 0 Å². The molecule has 1 aromatic rings. The van der Waals surface area contributed by atoms with Crippen molar-refractivity contribution in [3.63, 3.8) is 0 Å². The molecule has 0 radical (unpaired) electrons. The highest BCUT2D eigenvalue weighted by molar-refractivity contribution is 7.12. The molecule has 2 nitrogen and oxygen atoms in total. The van der Waals surface area contributed by atoms with E-state index in [1.54, 1.807) is 10.4 Å². The predicted molar refractivity (Wildman–Crippen MR) is 71.2 cm³/mol. The monoisotopic (exact) mass is 238 g/mol. The minimum Gasteiger partial charge on any atom is -0.313 e. The maximum absolute atomic E-state index is 3.49. The van der Waals surface area contributed by atoms with Crippen LogP contribution in [0.25, 0.3) is 0 Å². The molecule has 1 aromatic heterocycles. The summed E-state index contributed by atoms with van der Waals surface area (Å²) in [6.07, 6.45) is 3.99. The van der Waals surface area contributed by atoms with Gasteiger partial charge in [-0.3, -0.25) is 0 Å². The van der Waals surface area contributed by atoms with Crippen molar-refractivity contribution in [2.45, 2.75) is 45.7 Å². The van der Waals surface area contributed by atoms with Crippen LogP contribution in [0.1, 0.15) is 35.6 Å². The first-order valence-electron chi connectivity index (χ1n) is 6.30. The Balaban J connectivity index is 1.66. The second-order valence-electron chi connectivity index (χ2n) is 4.80. The molecular weight excluding hydrogens is 216 g/mol. The average Bonchev–Trinajstić information content (AvgIpc) is 2.76. The molecule has 0 saturated carbocycles. The Morgan fingerprint density at radius 1 is 1.31 bits per heavy atom. The molecule has 0 aromatic carbocycles. The topological polar surface area (TPSA) is 24.1 Å². The smallest absolute Gasteiger partial charge is 0.0300 e. The normalized spacial score (nSPS) is 14.7. The van der Waals surface area contributed by atoms with E-state index in [4.69, 9.17) is 0 Å². The van der Waals surface area contributed by atoms with Crippen LogP contribution in [0.15, 0.2) is 6.07 Å². The first-order chi connectivity index (χ1) is 7.75. The molecule has 1 aliphatic carbocycles. The maximum Gasteiger partial charge on any atom is 0.0300 e. The third kappa shape index (κ3) is 3.30. The molecule has 1 heterocycles. The quantitative estimate of drug-likeness (QED) is 0.743. The van der Waals surface area contributed by atoms with Gasteiger partial charge in [0.15, 0.2) is 0 Å². The predicted octanol–water partition coefficient (Wildman–Crippen LogP) is 2.32. The molecular formula is C13H22N2S. The van der Waals surface area contributed by atoms with E-state index in [0.29, 0.717) is 6.04 Å². The van der Waals surface area contributed by atoms with Crippen molar-refractivity contribution in [1.82, 2.24) is 10.6 Å². The van der Waals surface area contributed by atoms with Crippen LogP contribution in [0.4, 0.5) is 0 Å². The van der Waals surface area contributed by atoms with Gasteiger partial charge >= 0.3 is 0 Å². The second kappa shape index (κ2) is 5.80. The van der Waals surface area contributed by atoms with Gasteiger partial charge < -0.3 is 10.6 Å². The minimum atomic E-state index is 0.590. The lowest BCUT2D eigenvalue weighted by molar-refractivity contribution is 0.557. The van der Waals surface area contributed by atoms with Gasteiger partial charge in [-0.05, 0) is 30.9 Å². The van der Waals surface area contributed by atoms with Gasteiger partial charge in [0.1, 0.15) is 0 Å². The van der Waals surface area contributed by atoms with E-state index in [2.05, 4.69) is 30.5 Å². The van der Waals surface area contributed by atoms with Gasteiger partial charge in [-0.15, -0.1) is 11.3 Å². The van der Waals surface area contributed by atoms with Crippen LogP contribution in [0.3, 0.4) is 0 Å². The summed E-state index contributed by atoms with van der Waals surface area (Å²) in [4.78, 5) is 3.14. The van der Waals surface area contributed by atoms with Crippen LogP contribution >= 0.6 is 11.3 Å².